The van der Waals surface area contributed by atoms with Gasteiger partial charge in [-0.2, -0.15) is 5.26 Å². The van der Waals surface area contributed by atoms with Crippen molar-refractivity contribution in [2.24, 2.45) is 0 Å². The molecule has 0 aliphatic carbocycles. The number of nitrogens with zero attached hydrogens (tertiary/aromatic N) is 4. The number of furan rings is 1. The largest absolute Gasteiger partial charge is 0.459 e. The normalized spacial score (nSPS) is 15.7. The molecule has 180 valence electrons. The first kappa shape index (κ1) is 23.4. The molecule has 36 heavy (non-hydrogen) atoms. The summed E-state index contributed by atoms with van der Waals surface area (Å²) in [7, 11) is 0. The summed E-state index contributed by atoms with van der Waals surface area (Å²) in [6, 6.07) is 27.8. The highest BCUT2D eigenvalue weighted by Gasteiger charge is 2.34. The van der Waals surface area contributed by atoms with Crippen molar-refractivity contribution in [3.63, 3.8) is 0 Å². The summed E-state index contributed by atoms with van der Waals surface area (Å²) in [4.78, 5) is 22.2. The standard InChI is InChI=1S/C30H28N4O2/c1-21(2)28-25(22-10-5-3-6-11-22)18-24(19-31)29(32-28)34-16-15-33(30(35)27-14-9-17-36-27)20-26(34)23-12-7-4-8-13-23/h3-14,17-18,21,26H,15-16,20H2,1-2H3. The van der Waals surface area contributed by atoms with Crippen molar-refractivity contribution in [3.8, 4) is 17.2 Å². The Hall–Kier alpha value is -4.37. The zero-order valence-corrected chi connectivity index (χ0v) is 20.5. The summed E-state index contributed by atoms with van der Waals surface area (Å²) < 4.78 is 5.37. The fraction of sp³-hybridized carbons (Fsp3) is 0.233. The minimum Gasteiger partial charge on any atom is -0.459 e. The van der Waals surface area contributed by atoms with Gasteiger partial charge < -0.3 is 14.2 Å². The predicted molar refractivity (Wildman–Crippen MR) is 140 cm³/mol. The first-order chi connectivity index (χ1) is 17.6. The smallest absolute Gasteiger partial charge is 0.289 e. The molecule has 0 spiro atoms. The van der Waals surface area contributed by atoms with Crippen LogP contribution >= 0.6 is 0 Å². The van der Waals surface area contributed by atoms with Crippen LogP contribution < -0.4 is 4.90 Å². The van der Waals surface area contributed by atoms with E-state index >= 15 is 0 Å². The maximum atomic E-state index is 13.1. The number of carbonyl (C=O) groups is 1. The van der Waals surface area contributed by atoms with E-state index in [1.807, 2.05) is 47.4 Å². The van der Waals surface area contributed by atoms with E-state index in [-0.39, 0.29) is 17.9 Å². The Labute approximate surface area is 211 Å². The fourth-order valence-corrected chi connectivity index (χ4v) is 4.85. The number of carbonyl (C=O) groups excluding carboxylic acids is 1. The van der Waals surface area contributed by atoms with Crippen molar-refractivity contribution >= 4 is 11.7 Å². The third-order valence-corrected chi connectivity index (χ3v) is 6.64. The number of hydrogen-bond donors (Lipinski definition) is 0. The highest BCUT2D eigenvalue weighted by Crippen LogP contribution is 2.37. The average molecular weight is 477 g/mol. The van der Waals surface area contributed by atoms with E-state index < -0.39 is 0 Å². The van der Waals surface area contributed by atoms with Gasteiger partial charge in [0.05, 0.1) is 23.6 Å². The molecule has 6 heteroatoms. The fourth-order valence-electron chi connectivity index (χ4n) is 4.85. The molecule has 2 aromatic carbocycles. The number of hydrogen-bond acceptors (Lipinski definition) is 5. The van der Waals surface area contributed by atoms with Gasteiger partial charge in [0.2, 0.25) is 0 Å². The summed E-state index contributed by atoms with van der Waals surface area (Å²) in [6.07, 6.45) is 1.52. The molecule has 1 fully saturated rings. The van der Waals surface area contributed by atoms with E-state index in [4.69, 9.17) is 9.40 Å². The van der Waals surface area contributed by atoms with Gasteiger partial charge >= 0.3 is 0 Å². The monoisotopic (exact) mass is 476 g/mol. The van der Waals surface area contributed by atoms with Gasteiger partial charge in [0, 0.05) is 25.2 Å². The Balaban J connectivity index is 1.58. The Bertz CT molecular complexity index is 1380. The van der Waals surface area contributed by atoms with E-state index in [1.165, 1.54) is 6.26 Å². The van der Waals surface area contributed by atoms with Crippen molar-refractivity contribution < 1.29 is 9.21 Å². The van der Waals surface area contributed by atoms with Gasteiger partial charge in [-0.1, -0.05) is 74.5 Å². The molecule has 2 aromatic heterocycles. The number of pyridine rings is 1. The predicted octanol–water partition coefficient (Wildman–Crippen LogP) is 6.04. The van der Waals surface area contributed by atoms with Gasteiger partial charge in [-0.05, 0) is 35.2 Å². The molecule has 0 radical (unpaired) electrons. The SMILES string of the molecule is CC(C)c1nc(N2CCN(C(=O)c3ccco3)CC2c2ccccc2)c(C#N)cc1-c1ccccc1. The number of aromatic nitrogens is 1. The van der Waals surface area contributed by atoms with E-state index in [0.29, 0.717) is 36.8 Å². The van der Waals surface area contributed by atoms with Crippen molar-refractivity contribution in [1.29, 1.82) is 5.26 Å². The molecule has 0 saturated carbocycles. The number of anilines is 1. The zero-order valence-electron chi connectivity index (χ0n) is 20.5. The van der Waals surface area contributed by atoms with Gasteiger partial charge in [-0.25, -0.2) is 4.98 Å². The second-order valence-electron chi connectivity index (χ2n) is 9.27. The van der Waals surface area contributed by atoms with Gasteiger partial charge in [0.25, 0.3) is 5.91 Å². The maximum absolute atomic E-state index is 13.1. The van der Waals surface area contributed by atoms with Gasteiger partial charge in [0.15, 0.2) is 5.76 Å². The van der Waals surface area contributed by atoms with E-state index in [9.17, 15) is 10.1 Å². The van der Waals surface area contributed by atoms with Crippen molar-refractivity contribution in [2.45, 2.75) is 25.8 Å². The zero-order chi connectivity index (χ0) is 25.1. The number of amides is 1. The lowest BCUT2D eigenvalue weighted by atomic mass is 9.95. The lowest BCUT2D eigenvalue weighted by Crippen LogP contribution is -2.51. The van der Waals surface area contributed by atoms with Crippen LogP contribution in [0, 0.1) is 11.3 Å². The number of benzene rings is 2. The summed E-state index contributed by atoms with van der Waals surface area (Å²) in [5, 5.41) is 10.2. The van der Waals surface area contributed by atoms with E-state index in [1.54, 1.807) is 12.1 Å². The molecule has 6 nitrogen and oxygen atoms in total. The van der Waals surface area contributed by atoms with Crippen LogP contribution in [0.2, 0.25) is 0 Å². The second kappa shape index (κ2) is 10.1. The quantitative estimate of drug-likeness (QED) is 0.351. The lowest BCUT2D eigenvalue weighted by molar-refractivity contribution is 0.0689. The van der Waals surface area contributed by atoms with Crippen LogP contribution in [0.5, 0.6) is 0 Å². The molecule has 4 aromatic rings. The van der Waals surface area contributed by atoms with Crippen LogP contribution in [0.1, 0.15) is 53.2 Å². The van der Waals surface area contributed by atoms with Crippen LogP contribution in [0.3, 0.4) is 0 Å². The molecule has 1 saturated heterocycles. The van der Waals surface area contributed by atoms with Crippen LogP contribution in [-0.2, 0) is 0 Å². The first-order valence-corrected chi connectivity index (χ1v) is 12.2. The molecule has 3 heterocycles. The molecule has 1 aliphatic rings. The van der Waals surface area contributed by atoms with E-state index in [2.05, 4.69) is 49.1 Å². The number of piperazine rings is 1. The minimum absolute atomic E-state index is 0.128. The Morgan fingerprint density at radius 2 is 1.75 bits per heavy atom. The molecule has 0 N–H and O–H groups in total. The van der Waals surface area contributed by atoms with Crippen molar-refractivity contribution in [2.75, 3.05) is 24.5 Å². The van der Waals surface area contributed by atoms with Crippen LogP contribution in [0.25, 0.3) is 11.1 Å². The first-order valence-electron chi connectivity index (χ1n) is 12.2. The summed E-state index contributed by atoms with van der Waals surface area (Å²) >= 11 is 0. The Morgan fingerprint density at radius 1 is 1.03 bits per heavy atom. The van der Waals surface area contributed by atoms with Gasteiger partial charge in [-0.15, -0.1) is 0 Å². The molecule has 0 bridgehead atoms. The summed E-state index contributed by atoms with van der Waals surface area (Å²) in [5.41, 5.74) is 4.58. The highest BCUT2D eigenvalue weighted by molar-refractivity contribution is 5.91. The Kier molecular flexibility index (Phi) is 6.55. The second-order valence-corrected chi connectivity index (χ2v) is 9.27. The van der Waals surface area contributed by atoms with E-state index in [0.717, 1.165) is 22.4 Å². The third-order valence-electron chi connectivity index (χ3n) is 6.64. The molecule has 1 aliphatic heterocycles. The molecule has 1 amide bonds. The van der Waals surface area contributed by atoms with Gasteiger partial charge in [0.1, 0.15) is 11.9 Å². The molecular weight excluding hydrogens is 448 g/mol. The maximum Gasteiger partial charge on any atom is 0.289 e. The topological polar surface area (TPSA) is 73.4 Å². The highest BCUT2D eigenvalue weighted by atomic mass is 16.3. The molecule has 1 atom stereocenters. The summed E-state index contributed by atoms with van der Waals surface area (Å²) in [6.45, 7) is 5.77. The van der Waals surface area contributed by atoms with Crippen LogP contribution in [-0.4, -0.2) is 35.4 Å². The number of nitriles is 1. The molecule has 1 unspecified atom stereocenters. The molecular formula is C30H28N4O2. The number of rotatable bonds is 5. The van der Waals surface area contributed by atoms with Crippen molar-refractivity contribution in [3.05, 3.63) is 108 Å². The molecule has 5 rings (SSSR count). The van der Waals surface area contributed by atoms with Crippen LogP contribution in [0.4, 0.5) is 5.82 Å². The van der Waals surface area contributed by atoms with Gasteiger partial charge in [-0.3, -0.25) is 4.79 Å². The lowest BCUT2D eigenvalue weighted by Gasteiger charge is -2.42. The average Bonchev–Trinajstić information content (AvgIpc) is 3.48. The van der Waals surface area contributed by atoms with Crippen LogP contribution in [0.15, 0.2) is 89.5 Å². The minimum atomic E-state index is -0.152. The van der Waals surface area contributed by atoms with Crippen molar-refractivity contribution in [1.82, 2.24) is 9.88 Å². The Morgan fingerprint density at radius 3 is 2.39 bits per heavy atom. The third kappa shape index (κ3) is 4.48. The summed E-state index contributed by atoms with van der Waals surface area (Å²) in [5.74, 6) is 1.04.